The summed E-state index contributed by atoms with van der Waals surface area (Å²) in [5.41, 5.74) is 0. The van der Waals surface area contributed by atoms with E-state index in [0.717, 1.165) is 37.0 Å². The highest BCUT2D eigenvalue weighted by Gasteiger charge is 2.28. The summed E-state index contributed by atoms with van der Waals surface area (Å²) in [6.07, 6.45) is 3.30. The Morgan fingerprint density at radius 3 is 3.00 bits per heavy atom. The smallest absolute Gasteiger partial charge is 0.239 e. The van der Waals surface area contributed by atoms with E-state index in [0.29, 0.717) is 12.5 Å². The lowest BCUT2D eigenvalue weighted by Gasteiger charge is -2.21. The third kappa shape index (κ3) is 2.77. The Morgan fingerprint density at radius 1 is 1.42 bits per heavy atom. The van der Waals surface area contributed by atoms with E-state index in [-0.39, 0.29) is 5.91 Å². The second-order valence-corrected chi connectivity index (χ2v) is 5.12. The van der Waals surface area contributed by atoms with Gasteiger partial charge in [0.15, 0.2) is 0 Å². The van der Waals surface area contributed by atoms with E-state index >= 15 is 0 Å². The molecule has 1 aliphatic carbocycles. The second kappa shape index (κ2) is 5.03. The first-order valence-corrected chi connectivity index (χ1v) is 6.84. The van der Waals surface area contributed by atoms with Crippen molar-refractivity contribution in [2.45, 2.75) is 25.2 Å². The second-order valence-electron chi connectivity index (χ2n) is 5.12. The van der Waals surface area contributed by atoms with Crippen LogP contribution in [0.2, 0.25) is 0 Å². The summed E-state index contributed by atoms with van der Waals surface area (Å²) < 4.78 is 0. The maximum Gasteiger partial charge on any atom is 0.239 e. The van der Waals surface area contributed by atoms with Crippen LogP contribution in [0.5, 0.6) is 0 Å². The summed E-state index contributed by atoms with van der Waals surface area (Å²) in [5, 5.41) is 5.96. The van der Waals surface area contributed by atoms with Crippen LogP contribution in [0.1, 0.15) is 31.0 Å². The van der Waals surface area contributed by atoms with Crippen LogP contribution in [0.25, 0.3) is 0 Å². The summed E-state index contributed by atoms with van der Waals surface area (Å²) >= 11 is 0. The van der Waals surface area contributed by atoms with Crippen LogP contribution < -0.4 is 15.5 Å². The number of carbonyl (C=O) groups is 1. The van der Waals surface area contributed by atoms with Gasteiger partial charge in [-0.15, -0.1) is 0 Å². The number of aromatic nitrogens is 2. The van der Waals surface area contributed by atoms with Gasteiger partial charge in [0.05, 0.1) is 6.54 Å². The molecular formula is C13H19N5O. The highest BCUT2D eigenvalue weighted by Crippen LogP contribution is 2.39. The van der Waals surface area contributed by atoms with Gasteiger partial charge in [0.25, 0.3) is 0 Å². The minimum absolute atomic E-state index is 0.0649. The molecule has 1 aliphatic heterocycles. The summed E-state index contributed by atoms with van der Waals surface area (Å²) in [5.74, 6) is 3.17. The predicted molar refractivity (Wildman–Crippen MR) is 73.4 cm³/mol. The van der Waals surface area contributed by atoms with Gasteiger partial charge >= 0.3 is 0 Å². The monoisotopic (exact) mass is 261 g/mol. The largest absolute Gasteiger partial charge is 0.373 e. The molecule has 0 aromatic carbocycles. The number of nitrogens with one attached hydrogen (secondary N) is 2. The zero-order valence-electron chi connectivity index (χ0n) is 11.1. The first-order valence-electron chi connectivity index (χ1n) is 6.84. The van der Waals surface area contributed by atoms with Crippen molar-refractivity contribution in [3.8, 4) is 0 Å². The van der Waals surface area contributed by atoms with Gasteiger partial charge < -0.3 is 15.5 Å². The quantitative estimate of drug-likeness (QED) is 0.839. The summed E-state index contributed by atoms with van der Waals surface area (Å²) in [6.45, 7) is 1.97. The first-order chi connectivity index (χ1) is 9.26. The summed E-state index contributed by atoms with van der Waals surface area (Å²) in [4.78, 5) is 22.8. The molecule has 0 radical (unpaired) electrons. The zero-order chi connectivity index (χ0) is 13.2. The average Bonchev–Trinajstić information content (AvgIpc) is 3.25. The molecule has 1 aromatic heterocycles. The number of amides is 1. The summed E-state index contributed by atoms with van der Waals surface area (Å²) in [7, 11) is 1.86. The van der Waals surface area contributed by atoms with E-state index in [1.165, 1.54) is 12.8 Å². The molecule has 0 bridgehead atoms. The van der Waals surface area contributed by atoms with E-state index in [4.69, 9.17) is 0 Å². The van der Waals surface area contributed by atoms with E-state index < -0.39 is 0 Å². The van der Waals surface area contributed by atoms with Gasteiger partial charge in [-0.25, -0.2) is 9.97 Å². The molecule has 1 amide bonds. The van der Waals surface area contributed by atoms with Crippen LogP contribution in [0.15, 0.2) is 6.07 Å². The average molecular weight is 261 g/mol. The van der Waals surface area contributed by atoms with Gasteiger partial charge in [-0.05, 0) is 19.3 Å². The fraction of sp³-hybridized carbons (Fsp3) is 0.615. The Bertz CT molecular complexity index is 486. The molecule has 6 heteroatoms. The van der Waals surface area contributed by atoms with Gasteiger partial charge in [0, 0.05) is 32.1 Å². The Hall–Kier alpha value is -1.85. The van der Waals surface area contributed by atoms with Crippen LogP contribution in [0.4, 0.5) is 11.6 Å². The van der Waals surface area contributed by atoms with E-state index in [1.807, 2.05) is 18.0 Å². The minimum Gasteiger partial charge on any atom is -0.373 e. The van der Waals surface area contributed by atoms with Gasteiger partial charge in [-0.1, -0.05) is 0 Å². The van der Waals surface area contributed by atoms with Crippen molar-refractivity contribution in [2.75, 3.05) is 36.9 Å². The minimum atomic E-state index is 0.0649. The number of rotatable bonds is 3. The standard InChI is InChI=1S/C13H19N5O/c1-14-10-7-11(17-13(16-10)9-3-4-9)18-6-2-5-15-12(19)8-18/h7,9H,2-6,8H2,1H3,(H,15,19)(H,14,16,17). The molecular weight excluding hydrogens is 242 g/mol. The van der Waals surface area contributed by atoms with Gasteiger partial charge in [0.1, 0.15) is 17.5 Å². The molecule has 2 N–H and O–H groups in total. The third-order valence-corrected chi connectivity index (χ3v) is 3.51. The first kappa shape index (κ1) is 12.2. The number of hydrogen-bond donors (Lipinski definition) is 2. The molecule has 2 aliphatic rings. The van der Waals surface area contributed by atoms with Gasteiger partial charge in [0.2, 0.25) is 5.91 Å². The molecule has 1 aromatic rings. The zero-order valence-corrected chi connectivity index (χ0v) is 11.1. The topological polar surface area (TPSA) is 70.2 Å². The fourth-order valence-corrected chi connectivity index (χ4v) is 2.27. The molecule has 0 atom stereocenters. The molecule has 19 heavy (non-hydrogen) atoms. The lowest BCUT2D eigenvalue weighted by atomic mass is 10.3. The van der Waals surface area contributed by atoms with E-state index in [9.17, 15) is 4.79 Å². The van der Waals surface area contributed by atoms with E-state index in [2.05, 4.69) is 20.6 Å². The maximum atomic E-state index is 11.6. The van der Waals surface area contributed by atoms with Gasteiger partial charge in [-0.2, -0.15) is 0 Å². The van der Waals surface area contributed by atoms with Crippen molar-refractivity contribution in [3.05, 3.63) is 11.9 Å². The molecule has 1 saturated carbocycles. The normalized spacial score (nSPS) is 19.8. The molecule has 102 valence electrons. The molecule has 0 unspecified atom stereocenters. The van der Waals surface area contributed by atoms with Crippen molar-refractivity contribution in [1.29, 1.82) is 0 Å². The van der Waals surface area contributed by atoms with Crippen LogP contribution in [0.3, 0.4) is 0 Å². The Kier molecular flexibility index (Phi) is 3.23. The van der Waals surface area contributed by atoms with Crippen molar-refractivity contribution in [2.24, 2.45) is 0 Å². The van der Waals surface area contributed by atoms with Crippen molar-refractivity contribution < 1.29 is 4.79 Å². The van der Waals surface area contributed by atoms with Crippen LogP contribution >= 0.6 is 0 Å². The van der Waals surface area contributed by atoms with Crippen molar-refractivity contribution >= 4 is 17.5 Å². The Morgan fingerprint density at radius 2 is 2.26 bits per heavy atom. The molecule has 6 nitrogen and oxygen atoms in total. The Labute approximate surface area is 112 Å². The van der Waals surface area contributed by atoms with E-state index in [1.54, 1.807) is 0 Å². The lowest BCUT2D eigenvalue weighted by molar-refractivity contribution is -0.119. The predicted octanol–water partition coefficient (Wildman–Crippen LogP) is 0.722. The molecule has 1 saturated heterocycles. The highest BCUT2D eigenvalue weighted by atomic mass is 16.2. The number of anilines is 2. The number of carbonyl (C=O) groups excluding carboxylic acids is 1. The number of nitrogens with zero attached hydrogens (tertiary/aromatic N) is 3. The number of hydrogen-bond acceptors (Lipinski definition) is 5. The Balaban J connectivity index is 1.89. The fourth-order valence-electron chi connectivity index (χ4n) is 2.27. The van der Waals surface area contributed by atoms with Crippen molar-refractivity contribution in [1.82, 2.24) is 15.3 Å². The van der Waals surface area contributed by atoms with Crippen LogP contribution in [-0.4, -0.2) is 42.6 Å². The summed E-state index contributed by atoms with van der Waals surface area (Å²) in [6, 6.07) is 1.92. The van der Waals surface area contributed by atoms with Crippen LogP contribution in [0, 0.1) is 0 Å². The maximum absolute atomic E-state index is 11.6. The highest BCUT2D eigenvalue weighted by molar-refractivity contribution is 5.81. The van der Waals surface area contributed by atoms with Crippen molar-refractivity contribution in [3.63, 3.8) is 0 Å². The van der Waals surface area contributed by atoms with Crippen LogP contribution in [-0.2, 0) is 4.79 Å². The molecule has 2 heterocycles. The lowest BCUT2D eigenvalue weighted by Crippen LogP contribution is -2.33. The van der Waals surface area contributed by atoms with Gasteiger partial charge in [-0.3, -0.25) is 4.79 Å². The SMILES string of the molecule is CNc1cc(N2CCCNC(=O)C2)nc(C2CC2)n1. The molecule has 2 fully saturated rings. The molecule has 3 rings (SSSR count). The molecule has 0 spiro atoms. The third-order valence-electron chi connectivity index (χ3n) is 3.51.